The quantitative estimate of drug-likeness (QED) is 0.564. The number of carbonyl (C=O) groups is 1. The van der Waals surface area contributed by atoms with E-state index in [1.54, 1.807) is 37.7 Å². The third kappa shape index (κ3) is 2.39. The Morgan fingerprint density at radius 1 is 0.920 bits per heavy atom. The highest BCUT2D eigenvalue weighted by Gasteiger charge is 2.73. The van der Waals surface area contributed by atoms with Gasteiger partial charge in [-0.3, -0.25) is 9.69 Å². The topological polar surface area (TPSA) is 38.8 Å². The van der Waals surface area contributed by atoms with Gasteiger partial charge in [-0.1, -0.05) is 30.3 Å². The van der Waals surface area contributed by atoms with E-state index in [1.807, 2.05) is 72.0 Å². The molecular weight excluding hydrogens is 354 g/mol. The summed E-state index contributed by atoms with van der Waals surface area (Å²) in [5.74, 6) is 0.701. The smallest absolute Gasteiger partial charge is 0.270 e. The molecule has 0 N–H and O–H groups in total. The zero-order valence-corrected chi connectivity index (χ0v) is 16.3. The molecule has 4 nitrogen and oxygen atoms in total. The first-order valence-electron chi connectivity index (χ1n) is 7.81. The van der Waals surface area contributed by atoms with Gasteiger partial charge in [0.05, 0.1) is 7.11 Å². The van der Waals surface area contributed by atoms with Crippen molar-refractivity contribution >= 4 is 35.1 Å². The maximum Gasteiger partial charge on any atom is 0.270 e. The van der Waals surface area contributed by atoms with Crippen molar-refractivity contribution in [2.45, 2.75) is 9.80 Å². The Hall–Kier alpha value is -1.63. The Morgan fingerprint density at radius 3 is 2.00 bits per heavy atom. The SMILES string of the molecule is COc1ccc(N2C(=O)C(OC)(c3ccccc3)C2(SC)SC)cc1. The Bertz CT molecular complexity index is 747. The molecule has 3 rings (SSSR count). The summed E-state index contributed by atoms with van der Waals surface area (Å²) in [5, 5.41) is 0. The molecule has 2 aromatic carbocycles. The number of β-lactam (4-membered cyclic amide) rings is 1. The summed E-state index contributed by atoms with van der Waals surface area (Å²) >= 11 is 3.23. The van der Waals surface area contributed by atoms with Crippen molar-refractivity contribution in [3.8, 4) is 5.75 Å². The van der Waals surface area contributed by atoms with E-state index >= 15 is 0 Å². The number of hydrogen-bond donors (Lipinski definition) is 0. The van der Waals surface area contributed by atoms with Crippen LogP contribution in [0.2, 0.25) is 0 Å². The fraction of sp³-hybridized carbons (Fsp3) is 0.316. The monoisotopic (exact) mass is 375 g/mol. The van der Waals surface area contributed by atoms with Crippen molar-refractivity contribution < 1.29 is 14.3 Å². The summed E-state index contributed by atoms with van der Waals surface area (Å²) in [7, 11) is 3.24. The van der Waals surface area contributed by atoms with Crippen molar-refractivity contribution in [3.63, 3.8) is 0 Å². The molecule has 0 radical (unpaired) electrons. The third-order valence-electron chi connectivity index (χ3n) is 4.61. The van der Waals surface area contributed by atoms with Crippen molar-refractivity contribution in [2.75, 3.05) is 31.6 Å². The lowest BCUT2D eigenvalue weighted by Gasteiger charge is -2.62. The molecule has 1 atom stereocenters. The van der Waals surface area contributed by atoms with E-state index in [9.17, 15) is 4.79 Å². The number of amides is 1. The van der Waals surface area contributed by atoms with Gasteiger partial charge in [0.1, 0.15) is 5.75 Å². The van der Waals surface area contributed by atoms with Gasteiger partial charge in [-0.25, -0.2) is 0 Å². The number of rotatable bonds is 6. The fourth-order valence-corrected chi connectivity index (χ4v) is 5.98. The van der Waals surface area contributed by atoms with E-state index in [-0.39, 0.29) is 5.91 Å². The highest BCUT2D eigenvalue weighted by Crippen LogP contribution is 2.62. The Morgan fingerprint density at radius 2 is 1.52 bits per heavy atom. The van der Waals surface area contributed by atoms with Gasteiger partial charge in [0.15, 0.2) is 4.20 Å². The molecule has 0 bridgehead atoms. The number of methoxy groups -OCH3 is 2. The first-order valence-corrected chi connectivity index (χ1v) is 10.3. The number of thioether (sulfide) groups is 2. The van der Waals surface area contributed by atoms with E-state index in [1.165, 1.54) is 0 Å². The van der Waals surface area contributed by atoms with Crippen LogP contribution >= 0.6 is 23.5 Å². The van der Waals surface area contributed by atoms with Crippen LogP contribution in [0.3, 0.4) is 0 Å². The van der Waals surface area contributed by atoms with E-state index in [2.05, 4.69) is 0 Å². The third-order valence-corrected chi connectivity index (χ3v) is 7.66. The summed E-state index contributed by atoms with van der Waals surface area (Å²) in [6, 6.07) is 17.3. The molecule has 0 spiro atoms. The van der Waals surface area contributed by atoms with Gasteiger partial charge < -0.3 is 9.47 Å². The maximum atomic E-state index is 13.3. The van der Waals surface area contributed by atoms with Gasteiger partial charge in [-0.15, -0.1) is 23.5 Å². The van der Waals surface area contributed by atoms with Crippen molar-refractivity contribution in [2.24, 2.45) is 0 Å². The summed E-state index contributed by atoms with van der Waals surface area (Å²) < 4.78 is 10.5. The highest BCUT2D eigenvalue weighted by molar-refractivity contribution is 8.18. The molecule has 1 fully saturated rings. The minimum Gasteiger partial charge on any atom is -0.497 e. The average molecular weight is 376 g/mol. The lowest BCUT2D eigenvalue weighted by atomic mass is 9.83. The van der Waals surface area contributed by atoms with Gasteiger partial charge in [0.2, 0.25) is 5.60 Å². The summed E-state index contributed by atoms with van der Waals surface area (Å²) in [6.07, 6.45) is 4.02. The molecule has 2 aromatic rings. The maximum absolute atomic E-state index is 13.3. The molecule has 1 aliphatic heterocycles. The summed E-state index contributed by atoms with van der Waals surface area (Å²) in [5.41, 5.74) is 0.682. The standard InChI is InChI=1S/C19H21NO3S2/c1-22-16-12-10-15(11-13-16)20-17(21)18(23-2,19(20,24-3)25-4)14-8-6-5-7-9-14/h5-13H,1-4H3. The number of hydrogen-bond acceptors (Lipinski definition) is 5. The Labute approximate surface area is 156 Å². The number of ether oxygens (including phenoxy) is 2. The molecule has 1 unspecified atom stereocenters. The zero-order chi connectivity index (χ0) is 18.1. The van der Waals surface area contributed by atoms with Gasteiger partial charge in [0.25, 0.3) is 5.91 Å². The first kappa shape index (κ1) is 18.2. The zero-order valence-electron chi connectivity index (χ0n) is 14.7. The molecule has 1 aliphatic rings. The van der Waals surface area contributed by atoms with Crippen LogP contribution in [0.15, 0.2) is 54.6 Å². The van der Waals surface area contributed by atoms with Gasteiger partial charge in [0, 0.05) is 12.8 Å². The summed E-state index contributed by atoms with van der Waals surface area (Å²) in [6.45, 7) is 0. The number of nitrogens with zero attached hydrogens (tertiary/aromatic N) is 1. The van der Waals surface area contributed by atoms with Crippen molar-refractivity contribution in [1.29, 1.82) is 0 Å². The second kappa shape index (κ2) is 6.94. The number of carbonyl (C=O) groups excluding carboxylic acids is 1. The number of benzene rings is 2. The van der Waals surface area contributed by atoms with E-state index in [4.69, 9.17) is 9.47 Å². The van der Waals surface area contributed by atoms with Crippen molar-refractivity contribution in [1.82, 2.24) is 0 Å². The molecule has 1 amide bonds. The van der Waals surface area contributed by atoms with E-state index in [0.717, 1.165) is 17.0 Å². The largest absolute Gasteiger partial charge is 0.497 e. The fourth-order valence-electron chi connectivity index (χ4n) is 3.42. The van der Waals surface area contributed by atoms with Crippen LogP contribution in [0.25, 0.3) is 0 Å². The molecule has 0 aliphatic carbocycles. The molecule has 1 saturated heterocycles. The second-order valence-electron chi connectivity index (χ2n) is 5.58. The number of anilines is 1. The van der Waals surface area contributed by atoms with Crippen LogP contribution in [0.5, 0.6) is 5.75 Å². The summed E-state index contributed by atoms with van der Waals surface area (Å²) in [4.78, 5) is 15.2. The van der Waals surface area contributed by atoms with Crippen LogP contribution in [-0.2, 0) is 15.1 Å². The van der Waals surface area contributed by atoms with Crippen molar-refractivity contribution in [3.05, 3.63) is 60.2 Å². The first-order chi connectivity index (χ1) is 12.1. The normalized spacial score (nSPS) is 21.8. The molecule has 6 heteroatoms. The predicted molar refractivity (Wildman–Crippen MR) is 105 cm³/mol. The lowest BCUT2D eigenvalue weighted by Crippen LogP contribution is -2.78. The average Bonchev–Trinajstić information content (AvgIpc) is 2.68. The van der Waals surface area contributed by atoms with Gasteiger partial charge in [-0.05, 0) is 42.3 Å². The molecule has 1 heterocycles. The van der Waals surface area contributed by atoms with Crippen LogP contribution in [0.1, 0.15) is 5.56 Å². The molecule has 132 valence electrons. The highest BCUT2D eigenvalue weighted by atomic mass is 32.2. The van der Waals surface area contributed by atoms with Crippen LogP contribution in [0, 0.1) is 0 Å². The minimum atomic E-state index is -1.02. The molecule has 0 aromatic heterocycles. The second-order valence-corrected chi connectivity index (χ2v) is 7.84. The molecule has 25 heavy (non-hydrogen) atoms. The minimum absolute atomic E-state index is 0.0601. The molecular formula is C19H21NO3S2. The van der Waals surface area contributed by atoms with Crippen LogP contribution in [-0.4, -0.2) is 36.8 Å². The Kier molecular flexibility index (Phi) is 5.04. The van der Waals surface area contributed by atoms with Gasteiger partial charge >= 0.3 is 0 Å². The van der Waals surface area contributed by atoms with E-state index < -0.39 is 9.80 Å². The molecule has 0 saturated carbocycles. The van der Waals surface area contributed by atoms with Crippen LogP contribution in [0.4, 0.5) is 5.69 Å². The van der Waals surface area contributed by atoms with E-state index in [0.29, 0.717) is 0 Å². The Balaban J connectivity index is 2.12. The predicted octanol–water partition coefficient (Wildman–Crippen LogP) is 3.96. The lowest BCUT2D eigenvalue weighted by molar-refractivity contribution is -0.157. The van der Waals surface area contributed by atoms with Crippen LogP contribution < -0.4 is 9.64 Å². The van der Waals surface area contributed by atoms with Gasteiger partial charge in [-0.2, -0.15) is 0 Å².